The molecule has 0 atom stereocenters. The second-order valence-corrected chi connectivity index (χ2v) is 7.81. The molecule has 0 saturated carbocycles. The van der Waals surface area contributed by atoms with Crippen LogP contribution in [0.3, 0.4) is 0 Å². The molecule has 0 saturated heterocycles. The van der Waals surface area contributed by atoms with Crippen LogP contribution in [0.5, 0.6) is 0 Å². The van der Waals surface area contributed by atoms with Gasteiger partial charge < -0.3 is 10.6 Å². The topological polar surface area (TPSA) is 66.9 Å². The van der Waals surface area contributed by atoms with Crippen molar-refractivity contribution in [3.05, 3.63) is 64.9 Å². The molecule has 1 heterocycles. The number of amides is 1. The van der Waals surface area contributed by atoms with Gasteiger partial charge in [0.15, 0.2) is 4.34 Å². The first-order valence-corrected chi connectivity index (χ1v) is 9.77. The molecule has 1 amide bonds. The summed E-state index contributed by atoms with van der Waals surface area (Å²) in [5.74, 6) is -0.792. The van der Waals surface area contributed by atoms with Crippen LogP contribution >= 0.6 is 34.7 Å². The summed E-state index contributed by atoms with van der Waals surface area (Å²) in [6, 6.07) is 14.0. The Bertz CT molecular complexity index is 891. The maximum Gasteiger partial charge on any atom is 0.234 e. The second-order valence-electron chi connectivity index (χ2n) is 5.17. The number of hydrogen-bond acceptors (Lipinski definition) is 6. The van der Waals surface area contributed by atoms with Crippen LogP contribution in [0.25, 0.3) is 0 Å². The maximum absolute atomic E-state index is 13.7. The molecule has 0 bridgehead atoms. The van der Waals surface area contributed by atoms with Crippen LogP contribution in [0.4, 0.5) is 15.2 Å². The van der Waals surface area contributed by atoms with E-state index in [0.717, 1.165) is 11.6 Å². The van der Waals surface area contributed by atoms with Gasteiger partial charge in [0.25, 0.3) is 0 Å². The van der Waals surface area contributed by atoms with Crippen molar-refractivity contribution < 1.29 is 9.18 Å². The zero-order chi connectivity index (χ0) is 18.4. The van der Waals surface area contributed by atoms with E-state index in [9.17, 15) is 9.18 Å². The number of nitrogens with zero attached hydrogens (tertiary/aromatic N) is 2. The number of nitrogens with one attached hydrogen (secondary N) is 2. The molecular weight excluding hydrogens is 395 g/mol. The van der Waals surface area contributed by atoms with E-state index in [1.807, 2.05) is 30.3 Å². The van der Waals surface area contributed by atoms with Crippen molar-refractivity contribution in [2.45, 2.75) is 10.9 Å². The van der Waals surface area contributed by atoms with Gasteiger partial charge in [-0.2, -0.15) is 0 Å². The first kappa shape index (κ1) is 18.6. The van der Waals surface area contributed by atoms with Gasteiger partial charge in [0.1, 0.15) is 5.82 Å². The quantitative estimate of drug-likeness (QED) is 0.556. The Morgan fingerprint density at radius 1 is 1.19 bits per heavy atom. The Balaban J connectivity index is 1.47. The smallest absolute Gasteiger partial charge is 0.234 e. The third-order valence-electron chi connectivity index (χ3n) is 3.22. The van der Waals surface area contributed by atoms with E-state index in [-0.39, 0.29) is 22.4 Å². The van der Waals surface area contributed by atoms with Crippen molar-refractivity contribution in [1.82, 2.24) is 10.2 Å². The lowest BCUT2D eigenvalue weighted by molar-refractivity contribution is -0.113. The van der Waals surface area contributed by atoms with Crippen LogP contribution in [-0.2, 0) is 11.3 Å². The number of benzene rings is 2. The highest BCUT2D eigenvalue weighted by molar-refractivity contribution is 8.01. The van der Waals surface area contributed by atoms with Gasteiger partial charge >= 0.3 is 0 Å². The molecule has 9 heteroatoms. The summed E-state index contributed by atoms with van der Waals surface area (Å²) in [5.41, 5.74) is 1.24. The average Bonchev–Trinajstić information content (AvgIpc) is 3.09. The predicted molar refractivity (Wildman–Crippen MR) is 104 cm³/mol. The third-order valence-corrected chi connectivity index (χ3v) is 5.47. The zero-order valence-electron chi connectivity index (χ0n) is 13.4. The Morgan fingerprint density at radius 2 is 2.00 bits per heavy atom. The first-order chi connectivity index (χ1) is 12.6. The van der Waals surface area contributed by atoms with E-state index in [0.29, 0.717) is 16.0 Å². The molecule has 0 spiro atoms. The monoisotopic (exact) mass is 408 g/mol. The number of hydrogen-bond donors (Lipinski definition) is 2. The number of aromatic nitrogens is 2. The van der Waals surface area contributed by atoms with E-state index in [1.165, 1.54) is 35.2 Å². The molecule has 1 aromatic heterocycles. The number of rotatable bonds is 7. The van der Waals surface area contributed by atoms with Crippen LogP contribution in [0.2, 0.25) is 5.02 Å². The fourth-order valence-electron chi connectivity index (χ4n) is 2.02. The maximum atomic E-state index is 13.7. The van der Waals surface area contributed by atoms with Crippen LogP contribution in [0.1, 0.15) is 5.56 Å². The molecule has 0 aliphatic carbocycles. The van der Waals surface area contributed by atoms with Crippen LogP contribution < -0.4 is 10.6 Å². The van der Waals surface area contributed by atoms with Crippen molar-refractivity contribution in [2.75, 3.05) is 16.4 Å². The van der Waals surface area contributed by atoms with Gasteiger partial charge in [-0.05, 0) is 23.8 Å². The number of halogens is 2. The number of carbonyl (C=O) groups is 1. The molecule has 0 aliphatic rings. The van der Waals surface area contributed by atoms with E-state index < -0.39 is 5.82 Å². The lowest BCUT2D eigenvalue weighted by Crippen LogP contribution is -2.14. The molecule has 5 nitrogen and oxygen atoms in total. The lowest BCUT2D eigenvalue weighted by atomic mass is 10.2. The van der Waals surface area contributed by atoms with Gasteiger partial charge in [-0.3, -0.25) is 4.79 Å². The number of thioether (sulfide) groups is 1. The van der Waals surface area contributed by atoms with Crippen molar-refractivity contribution in [2.24, 2.45) is 0 Å². The SMILES string of the molecule is O=C(CSc1nnc(NCc2ccccc2)s1)Nc1ccc(Cl)cc1F. The molecule has 26 heavy (non-hydrogen) atoms. The minimum atomic E-state index is -0.570. The van der Waals surface area contributed by atoms with Crippen molar-refractivity contribution in [1.29, 1.82) is 0 Å². The fraction of sp³-hybridized carbons (Fsp3) is 0.118. The van der Waals surface area contributed by atoms with Gasteiger partial charge in [0.05, 0.1) is 11.4 Å². The van der Waals surface area contributed by atoms with Gasteiger partial charge in [-0.1, -0.05) is 65.0 Å². The summed E-state index contributed by atoms with van der Waals surface area (Å²) in [6.45, 7) is 0.649. The first-order valence-electron chi connectivity index (χ1n) is 7.59. The molecule has 0 radical (unpaired) electrons. The average molecular weight is 409 g/mol. The normalized spacial score (nSPS) is 10.5. The number of anilines is 2. The molecule has 0 fully saturated rings. The summed E-state index contributed by atoms with van der Waals surface area (Å²) in [4.78, 5) is 11.9. The zero-order valence-corrected chi connectivity index (χ0v) is 15.8. The van der Waals surface area contributed by atoms with Gasteiger partial charge in [-0.25, -0.2) is 4.39 Å². The van der Waals surface area contributed by atoms with E-state index in [4.69, 9.17) is 11.6 Å². The predicted octanol–water partition coefficient (Wildman–Crippen LogP) is 4.67. The summed E-state index contributed by atoms with van der Waals surface area (Å²) in [6.07, 6.45) is 0. The molecule has 0 unspecified atom stereocenters. The molecule has 0 aliphatic heterocycles. The van der Waals surface area contributed by atoms with Gasteiger partial charge in [0, 0.05) is 11.6 Å². The Morgan fingerprint density at radius 3 is 2.77 bits per heavy atom. The molecule has 2 aromatic carbocycles. The van der Waals surface area contributed by atoms with Gasteiger partial charge in [0.2, 0.25) is 11.0 Å². The standard InChI is InChI=1S/C17H14ClFN4OS2/c18-12-6-7-14(13(19)8-12)21-15(24)10-25-17-23-22-16(26-17)20-9-11-4-2-1-3-5-11/h1-8H,9-10H2,(H,20,22)(H,21,24). The lowest BCUT2D eigenvalue weighted by Gasteiger charge is -2.05. The van der Waals surface area contributed by atoms with Crippen LogP contribution in [0, 0.1) is 5.82 Å². The summed E-state index contributed by atoms with van der Waals surface area (Å²) in [7, 11) is 0. The van der Waals surface area contributed by atoms with Crippen LogP contribution in [0.15, 0.2) is 52.9 Å². The molecule has 3 rings (SSSR count). The van der Waals surface area contributed by atoms with Gasteiger partial charge in [-0.15, -0.1) is 10.2 Å². The van der Waals surface area contributed by atoms with Crippen molar-refractivity contribution in [3.63, 3.8) is 0 Å². The van der Waals surface area contributed by atoms with E-state index >= 15 is 0 Å². The largest absolute Gasteiger partial charge is 0.356 e. The minimum Gasteiger partial charge on any atom is -0.356 e. The molecule has 134 valence electrons. The van der Waals surface area contributed by atoms with Crippen molar-refractivity contribution in [3.8, 4) is 0 Å². The summed E-state index contributed by atoms with van der Waals surface area (Å²) < 4.78 is 14.3. The summed E-state index contributed by atoms with van der Waals surface area (Å²) >= 11 is 8.29. The second kappa shape index (κ2) is 8.98. The van der Waals surface area contributed by atoms with Crippen molar-refractivity contribution >= 4 is 51.4 Å². The highest BCUT2D eigenvalue weighted by atomic mass is 35.5. The third kappa shape index (κ3) is 5.42. The summed E-state index contributed by atoms with van der Waals surface area (Å²) in [5, 5.41) is 14.7. The number of carbonyl (C=O) groups excluding carboxylic acids is 1. The van der Waals surface area contributed by atoms with Crippen LogP contribution in [-0.4, -0.2) is 21.9 Å². The molecular formula is C17H14ClFN4OS2. The van der Waals surface area contributed by atoms with E-state index in [2.05, 4.69) is 20.8 Å². The Hall–Kier alpha value is -2.16. The molecule has 3 aromatic rings. The van der Waals surface area contributed by atoms with E-state index in [1.54, 1.807) is 0 Å². The molecule has 2 N–H and O–H groups in total. The highest BCUT2D eigenvalue weighted by Crippen LogP contribution is 2.26. The fourth-order valence-corrected chi connectivity index (χ4v) is 3.72. The highest BCUT2D eigenvalue weighted by Gasteiger charge is 2.10. The minimum absolute atomic E-state index is 0.0995. The Labute approximate surface area is 163 Å². The Kier molecular flexibility index (Phi) is 6.43.